The molecule has 1 atom stereocenters. The van der Waals surface area contributed by atoms with Crippen LogP contribution < -0.4 is 14.4 Å². The molecular weight excluding hydrogens is 472 g/mol. The molecule has 1 saturated heterocycles. The van der Waals surface area contributed by atoms with Crippen LogP contribution in [-0.2, 0) is 15.0 Å². The number of aliphatic hydroxyl groups excluding tert-OH is 1. The van der Waals surface area contributed by atoms with Crippen molar-refractivity contribution in [2.24, 2.45) is 0 Å². The number of hydrogen-bond donors (Lipinski definition) is 1. The zero-order valence-corrected chi connectivity index (χ0v) is 20.7. The number of hydrogen-bond acceptors (Lipinski definition) is 7. The van der Waals surface area contributed by atoms with Crippen molar-refractivity contribution in [2.45, 2.75) is 32.2 Å². The molecule has 8 nitrogen and oxygen atoms in total. The highest BCUT2D eigenvalue weighted by atomic mass is 35.5. The van der Waals surface area contributed by atoms with Crippen molar-refractivity contribution in [1.82, 2.24) is 5.16 Å². The summed E-state index contributed by atoms with van der Waals surface area (Å²) in [6, 6.07) is 11.9. The number of aromatic nitrogens is 1. The summed E-state index contributed by atoms with van der Waals surface area (Å²) in [5.74, 6) is -0.531. The molecule has 0 bridgehead atoms. The fraction of sp³-hybridized carbons (Fsp3) is 0.269. The van der Waals surface area contributed by atoms with Crippen molar-refractivity contribution in [1.29, 1.82) is 0 Å². The first kappa shape index (κ1) is 24.3. The summed E-state index contributed by atoms with van der Waals surface area (Å²) in [6.07, 6.45) is 0. The molecular formula is C26H25ClN2O6. The Balaban J connectivity index is 1.99. The van der Waals surface area contributed by atoms with Crippen molar-refractivity contribution < 1.29 is 28.7 Å². The number of ether oxygens (including phenoxy) is 2. The largest absolute Gasteiger partial charge is 0.507 e. The van der Waals surface area contributed by atoms with Gasteiger partial charge in [0.1, 0.15) is 29.1 Å². The van der Waals surface area contributed by atoms with Crippen LogP contribution in [0, 0.1) is 0 Å². The molecule has 0 radical (unpaired) electrons. The van der Waals surface area contributed by atoms with Gasteiger partial charge in [-0.2, -0.15) is 0 Å². The van der Waals surface area contributed by atoms with E-state index in [4.69, 9.17) is 25.6 Å². The van der Waals surface area contributed by atoms with Gasteiger partial charge in [0.15, 0.2) is 5.82 Å². The molecule has 0 aliphatic carbocycles. The summed E-state index contributed by atoms with van der Waals surface area (Å²) in [6.45, 7) is 5.82. The predicted octanol–water partition coefficient (Wildman–Crippen LogP) is 5.27. The highest BCUT2D eigenvalue weighted by Gasteiger charge is 2.49. The first-order valence-electron chi connectivity index (χ1n) is 10.8. The van der Waals surface area contributed by atoms with Crippen molar-refractivity contribution in [3.8, 4) is 11.5 Å². The number of benzene rings is 2. The molecule has 1 aromatic heterocycles. The van der Waals surface area contributed by atoms with Gasteiger partial charge in [-0.15, -0.1) is 0 Å². The molecule has 182 valence electrons. The third kappa shape index (κ3) is 4.37. The molecule has 0 spiro atoms. The molecule has 4 rings (SSSR count). The summed E-state index contributed by atoms with van der Waals surface area (Å²) in [7, 11) is 2.98. The van der Waals surface area contributed by atoms with Crippen LogP contribution in [0.3, 0.4) is 0 Å². The number of amides is 1. The quantitative estimate of drug-likeness (QED) is 0.291. The summed E-state index contributed by atoms with van der Waals surface area (Å²) in [5.41, 5.74) is 0.256. The highest BCUT2D eigenvalue weighted by Crippen LogP contribution is 2.46. The molecule has 0 saturated carbocycles. The second-order valence-electron chi connectivity index (χ2n) is 9.08. The van der Waals surface area contributed by atoms with Gasteiger partial charge in [-0.25, -0.2) is 0 Å². The smallest absolute Gasteiger partial charge is 0.301 e. The van der Waals surface area contributed by atoms with E-state index in [-0.39, 0.29) is 22.6 Å². The summed E-state index contributed by atoms with van der Waals surface area (Å²) in [4.78, 5) is 27.9. The van der Waals surface area contributed by atoms with Crippen molar-refractivity contribution in [3.63, 3.8) is 0 Å². The van der Waals surface area contributed by atoms with Crippen molar-refractivity contribution in [3.05, 3.63) is 76.0 Å². The second kappa shape index (κ2) is 9.11. The molecule has 1 amide bonds. The molecule has 2 aromatic carbocycles. The number of Topliss-reactive ketones (excluding diaryl/α,β-unsaturated/α-hetero) is 1. The van der Waals surface area contributed by atoms with Gasteiger partial charge < -0.3 is 19.1 Å². The van der Waals surface area contributed by atoms with E-state index < -0.39 is 17.7 Å². The third-order valence-corrected chi connectivity index (χ3v) is 6.03. The molecule has 1 fully saturated rings. The average molecular weight is 497 g/mol. The van der Waals surface area contributed by atoms with E-state index in [0.29, 0.717) is 33.4 Å². The summed E-state index contributed by atoms with van der Waals surface area (Å²) < 4.78 is 16.4. The maximum absolute atomic E-state index is 13.4. The third-order valence-electron chi connectivity index (χ3n) is 5.78. The molecule has 35 heavy (non-hydrogen) atoms. The molecule has 2 heterocycles. The Morgan fingerprint density at radius 3 is 2.31 bits per heavy atom. The van der Waals surface area contributed by atoms with Gasteiger partial charge >= 0.3 is 5.91 Å². The van der Waals surface area contributed by atoms with E-state index in [1.54, 1.807) is 48.5 Å². The van der Waals surface area contributed by atoms with Crippen LogP contribution in [0.1, 0.15) is 43.7 Å². The van der Waals surface area contributed by atoms with E-state index in [0.717, 1.165) is 0 Å². The van der Waals surface area contributed by atoms with Gasteiger partial charge in [-0.3, -0.25) is 14.5 Å². The second-order valence-corrected chi connectivity index (χ2v) is 9.52. The maximum atomic E-state index is 13.4. The first-order valence-corrected chi connectivity index (χ1v) is 11.2. The van der Waals surface area contributed by atoms with E-state index >= 15 is 0 Å². The number of carbonyl (C=O) groups is 2. The number of halogens is 1. The van der Waals surface area contributed by atoms with E-state index in [1.807, 2.05) is 20.8 Å². The highest BCUT2D eigenvalue weighted by molar-refractivity contribution is 6.51. The Kier molecular flexibility index (Phi) is 6.34. The van der Waals surface area contributed by atoms with Crippen LogP contribution in [0.5, 0.6) is 11.5 Å². The Bertz CT molecular complexity index is 1320. The minimum Gasteiger partial charge on any atom is -0.507 e. The molecule has 1 N–H and O–H groups in total. The first-order chi connectivity index (χ1) is 16.6. The van der Waals surface area contributed by atoms with Gasteiger partial charge in [0.2, 0.25) is 0 Å². The Hall–Kier alpha value is -3.78. The monoisotopic (exact) mass is 496 g/mol. The standard InChI is InChI=1S/C26H25ClN2O6/c1-26(2,3)19-13-20(28-35-19)29-22(17-12-16(33-4)10-11-18(17)34-5)21(24(31)25(29)32)23(30)14-6-8-15(27)9-7-14/h6-13,22,30H,1-5H3. The van der Waals surface area contributed by atoms with E-state index in [2.05, 4.69) is 5.16 Å². The number of ketones is 1. The topological polar surface area (TPSA) is 102 Å². The number of aliphatic hydroxyl groups is 1. The van der Waals surface area contributed by atoms with Gasteiger partial charge in [-0.1, -0.05) is 37.5 Å². The minimum absolute atomic E-state index is 0.121. The van der Waals surface area contributed by atoms with Gasteiger partial charge in [0, 0.05) is 27.6 Å². The Morgan fingerprint density at radius 2 is 1.74 bits per heavy atom. The van der Waals surface area contributed by atoms with Crippen LogP contribution >= 0.6 is 11.6 Å². The molecule has 1 aliphatic rings. The lowest BCUT2D eigenvalue weighted by Crippen LogP contribution is -2.30. The molecule has 1 aliphatic heterocycles. The zero-order valence-electron chi connectivity index (χ0n) is 20.0. The average Bonchev–Trinajstić information content (AvgIpc) is 3.42. The van der Waals surface area contributed by atoms with Crippen LogP contribution in [0.4, 0.5) is 5.82 Å². The van der Waals surface area contributed by atoms with Gasteiger partial charge in [0.25, 0.3) is 5.78 Å². The van der Waals surface area contributed by atoms with E-state index in [9.17, 15) is 14.7 Å². The molecule has 3 aromatic rings. The normalized spacial score (nSPS) is 17.7. The lowest BCUT2D eigenvalue weighted by molar-refractivity contribution is -0.132. The van der Waals surface area contributed by atoms with Gasteiger partial charge in [0.05, 0.1) is 19.8 Å². The lowest BCUT2D eigenvalue weighted by atomic mass is 9.93. The Labute approximate surface area is 207 Å². The van der Waals surface area contributed by atoms with Crippen LogP contribution in [0.15, 0.2) is 58.6 Å². The lowest BCUT2D eigenvalue weighted by Gasteiger charge is -2.25. The van der Waals surface area contributed by atoms with Crippen LogP contribution in [0.25, 0.3) is 5.76 Å². The summed E-state index contributed by atoms with van der Waals surface area (Å²) >= 11 is 5.99. The summed E-state index contributed by atoms with van der Waals surface area (Å²) in [5, 5.41) is 15.8. The van der Waals surface area contributed by atoms with Crippen molar-refractivity contribution >= 4 is 34.9 Å². The molecule has 1 unspecified atom stereocenters. The van der Waals surface area contributed by atoms with Crippen LogP contribution in [-0.4, -0.2) is 36.2 Å². The van der Waals surface area contributed by atoms with Crippen molar-refractivity contribution in [2.75, 3.05) is 19.1 Å². The molecule has 9 heteroatoms. The maximum Gasteiger partial charge on any atom is 0.301 e. The zero-order chi connectivity index (χ0) is 25.5. The van der Waals surface area contributed by atoms with Gasteiger partial charge in [-0.05, 0) is 42.5 Å². The number of methoxy groups -OCH3 is 2. The Morgan fingerprint density at radius 1 is 1.06 bits per heavy atom. The number of nitrogens with zero attached hydrogens (tertiary/aromatic N) is 2. The number of carbonyl (C=O) groups excluding carboxylic acids is 2. The SMILES string of the molecule is COc1ccc(OC)c(C2C(=C(O)c3ccc(Cl)cc3)C(=O)C(=O)N2c2cc(C(C)(C)C)on2)c1. The van der Waals surface area contributed by atoms with Crippen LogP contribution in [0.2, 0.25) is 5.02 Å². The number of rotatable bonds is 5. The fourth-order valence-electron chi connectivity index (χ4n) is 3.91. The number of anilines is 1. The predicted molar refractivity (Wildman–Crippen MR) is 131 cm³/mol. The fourth-order valence-corrected chi connectivity index (χ4v) is 4.04. The minimum atomic E-state index is -1.06. The van der Waals surface area contributed by atoms with E-state index in [1.165, 1.54) is 19.1 Å².